The summed E-state index contributed by atoms with van der Waals surface area (Å²) in [7, 11) is 0. The zero-order valence-corrected chi connectivity index (χ0v) is 9.08. The van der Waals surface area contributed by atoms with Crippen LogP contribution in [0, 0.1) is 5.41 Å². The molecule has 0 aliphatic carbocycles. The first-order valence-corrected chi connectivity index (χ1v) is 5.15. The highest BCUT2D eigenvalue weighted by atomic mass is 16.5. The minimum absolute atomic E-state index is 0.184. The minimum Gasteiger partial charge on any atom is -0.379 e. The molecular formula is C10H20N2O2. The second-order valence-electron chi connectivity index (χ2n) is 4.37. The number of rotatable bonds is 3. The van der Waals surface area contributed by atoms with Crippen LogP contribution in [-0.2, 0) is 9.53 Å². The third kappa shape index (κ3) is 2.69. The SMILES string of the molecule is CC1(C)COCCN(CCCN)C1=O. The molecule has 0 saturated carbocycles. The summed E-state index contributed by atoms with van der Waals surface area (Å²) >= 11 is 0. The molecule has 0 aromatic carbocycles. The second-order valence-corrected chi connectivity index (χ2v) is 4.37. The van der Waals surface area contributed by atoms with Gasteiger partial charge in [-0.3, -0.25) is 4.79 Å². The van der Waals surface area contributed by atoms with Gasteiger partial charge >= 0.3 is 0 Å². The van der Waals surface area contributed by atoms with E-state index in [0.717, 1.165) is 13.0 Å². The van der Waals surface area contributed by atoms with Gasteiger partial charge in [0.2, 0.25) is 5.91 Å². The van der Waals surface area contributed by atoms with Crippen LogP contribution < -0.4 is 5.73 Å². The van der Waals surface area contributed by atoms with Crippen LogP contribution >= 0.6 is 0 Å². The smallest absolute Gasteiger partial charge is 0.230 e. The molecular weight excluding hydrogens is 180 g/mol. The van der Waals surface area contributed by atoms with Crippen molar-refractivity contribution >= 4 is 5.91 Å². The normalized spacial score (nSPS) is 22.2. The summed E-state index contributed by atoms with van der Waals surface area (Å²) in [6, 6.07) is 0. The highest BCUT2D eigenvalue weighted by molar-refractivity contribution is 5.82. The molecule has 1 aliphatic rings. The van der Waals surface area contributed by atoms with Crippen LogP contribution in [0.3, 0.4) is 0 Å². The van der Waals surface area contributed by atoms with E-state index in [1.165, 1.54) is 0 Å². The molecule has 1 aliphatic heterocycles. The van der Waals surface area contributed by atoms with E-state index in [9.17, 15) is 4.79 Å². The van der Waals surface area contributed by atoms with Gasteiger partial charge in [-0.1, -0.05) is 0 Å². The summed E-state index contributed by atoms with van der Waals surface area (Å²) < 4.78 is 5.40. The summed E-state index contributed by atoms with van der Waals surface area (Å²) in [5.41, 5.74) is 5.04. The van der Waals surface area contributed by atoms with E-state index < -0.39 is 0 Å². The van der Waals surface area contributed by atoms with Crippen LogP contribution in [0.4, 0.5) is 0 Å². The Morgan fingerprint density at radius 2 is 2.29 bits per heavy atom. The van der Waals surface area contributed by atoms with Gasteiger partial charge in [0.05, 0.1) is 18.6 Å². The van der Waals surface area contributed by atoms with Gasteiger partial charge in [-0.25, -0.2) is 0 Å². The lowest BCUT2D eigenvalue weighted by molar-refractivity contribution is -0.139. The second kappa shape index (κ2) is 4.75. The number of carbonyl (C=O) groups is 1. The molecule has 2 N–H and O–H groups in total. The molecule has 0 radical (unpaired) electrons. The van der Waals surface area contributed by atoms with Crippen molar-refractivity contribution in [3.05, 3.63) is 0 Å². The molecule has 4 nitrogen and oxygen atoms in total. The largest absolute Gasteiger partial charge is 0.379 e. The van der Waals surface area contributed by atoms with Gasteiger partial charge in [-0.05, 0) is 26.8 Å². The zero-order valence-electron chi connectivity index (χ0n) is 9.08. The Labute approximate surface area is 85.4 Å². The van der Waals surface area contributed by atoms with Gasteiger partial charge in [0.25, 0.3) is 0 Å². The van der Waals surface area contributed by atoms with Crippen LogP contribution in [0.5, 0.6) is 0 Å². The number of amides is 1. The van der Waals surface area contributed by atoms with Crippen molar-refractivity contribution < 1.29 is 9.53 Å². The number of carbonyl (C=O) groups excluding carboxylic acids is 1. The molecule has 0 spiro atoms. The maximum atomic E-state index is 12.0. The lowest BCUT2D eigenvalue weighted by Crippen LogP contribution is -2.42. The van der Waals surface area contributed by atoms with Gasteiger partial charge in [-0.2, -0.15) is 0 Å². The minimum atomic E-state index is -0.384. The third-order valence-corrected chi connectivity index (χ3v) is 2.47. The molecule has 1 saturated heterocycles. The number of nitrogens with two attached hydrogens (primary N) is 1. The standard InChI is InChI=1S/C10H20N2O2/c1-10(2)8-14-7-6-12(9(10)13)5-3-4-11/h3-8,11H2,1-2H3. The van der Waals surface area contributed by atoms with E-state index in [4.69, 9.17) is 10.5 Å². The first-order valence-electron chi connectivity index (χ1n) is 5.15. The highest BCUT2D eigenvalue weighted by Crippen LogP contribution is 2.21. The van der Waals surface area contributed by atoms with Crippen LogP contribution in [0.2, 0.25) is 0 Å². The Balaban J connectivity index is 2.59. The average molecular weight is 200 g/mol. The van der Waals surface area contributed by atoms with E-state index in [0.29, 0.717) is 26.3 Å². The van der Waals surface area contributed by atoms with E-state index in [-0.39, 0.29) is 11.3 Å². The lowest BCUT2D eigenvalue weighted by Gasteiger charge is -2.27. The fourth-order valence-corrected chi connectivity index (χ4v) is 1.59. The predicted molar refractivity (Wildman–Crippen MR) is 54.9 cm³/mol. The first kappa shape index (κ1) is 11.5. The molecule has 1 fully saturated rings. The van der Waals surface area contributed by atoms with Crippen molar-refractivity contribution in [2.24, 2.45) is 11.1 Å². The van der Waals surface area contributed by atoms with Crippen LogP contribution in [0.15, 0.2) is 0 Å². The summed E-state index contributed by atoms with van der Waals surface area (Å²) in [4.78, 5) is 13.8. The Morgan fingerprint density at radius 1 is 1.57 bits per heavy atom. The molecule has 1 rings (SSSR count). The van der Waals surface area contributed by atoms with E-state index in [1.54, 1.807) is 0 Å². The summed E-state index contributed by atoms with van der Waals surface area (Å²) in [6.07, 6.45) is 0.863. The summed E-state index contributed by atoms with van der Waals surface area (Å²) in [6.45, 7) is 7.09. The molecule has 1 amide bonds. The van der Waals surface area contributed by atoms with Crippen molar-refractivity contribution in [3.8, 4) is 0 Å². The molecule has 0 bridgehead atoms. The van der Waals surface area contributed by atoms with Crippen LogP contribution in [0.1, 0.15) is 20.3 Å². The maximum Gasteiger partial charge on any atom is 0.230 e. The quantitative estimate of drug-likeness (QED) is 0.709. The number of hydrogen-bond acceptors (Lipinski definition) is 3. The van der Waals surface area contributed by atoms with Gasteiger partial charge in [0.1, 0.15) is 0 Å². The predicted octanol–water partition coefficient (Wildman–Crippen LogP) is 0.220. The topological polar surface area (TPSA) is 55.6 Å². The van der Waals surface area contributed by atoms with Crippen molar-refractivity contribution in [1.82, 2.24) is 4.90 Å². The van der Waals surface area contributed by atoms with E-state index >= 15 is 0 Å². The first-order chi connectivity index (χ1) is 6.58. The molecule has 4 heteroatoms. The van der Waals surface area contributed by atoms with Gasteiger partial charge < -0.3 is 15.4 Å². The number of ether oxygens (including phenoxy) is 1. The number of nitrogens with zero attached hydrogens (tertiary/aromatic N) is 1. The van der Waals surface area contributed by atoms with Crippen molar-refractivity contribution in [2.75, 3.05) is 32.8 Å². The number of hydrogen-bond donors (Lipinski definition) is 1. The Hall–Kier alpha value is -0.610. The molecule has 0 atom stereocenters. The van der Waals surface area contributed by atoms with Crippen molar-refractivity contribution in [2.45, 2.75) is 20.3 Å². The van der Waals surface area contributed by atoms with E-state index in [2.05, 4.69) is 0 Å². The fourth-order valence-electron chi connectivity index (χ4n) is 1.59. The Morgan fingerprint density at radius 3 is 2.93 bits per heavy atom. The highest BCUT2D eigenvalue weighted by Gasteiger charge is 2.34. The molecule has 0 aromatic heterocycles. The molecule has 1 heterocycles. The van der Waals surface area contributed by atoms with Crippen molar-refractivity contribution in [3.63, 3.8) is 0 Å². The molecule has 0 aromatic rings. The lowest BCUT2D eigenvalue weighted by atomic mass is 9.93. The van der Waals surface area contributed by atoms with Gasteiger partial charge in [0.15, 0.2) is 0 Å². The Kier molecular flexibility index (Phi) is 3.89. The van der Waals surface area contributed by atoms with Crippen molar-refractivity contribution in [1.29, 1.82) is 0 Å². The molecule has 0 unspecified atom stereocenters. The molecule has 82 valence electrons. The zero-order chi connectivity index (χ0) is 10.6. The fraction of sp³-hybridized carbons (Fsp3) is 0.900. The third-order valence-electron chi connectivity index (χ3n) is 2.47. The van der Waals surface area contributed by atoms with Gasteiger partial charge in [-0.15, -0.1) is 0 Å². The monoisotopic (exact) mass is 200 g/mol. The summed E-state index contributed by atoms with van der Waals surface area (Å²) in [5.74, 6) is 0.184. The average Bonchev–Trinajstić information content (AvgIpc) is 2.26. The maximum absolute atomic E-state index is 12.0. The van der Waals surface area contributed by atoms with E-state index in [1.807, 2.05) is 18.7 Å². The van der Waals surface area contributed by atoms with Crippen LogP contribution in [0.25, 0.3) is 0 Å². The summed E-state index contributed by atoms with van der Waals surface area (Å²) in [5, 5.41) is 0. The van der Waals surface area contributed by atoms with Crippen LogP contribution in [-0.4, -0.2) is 43.7 Å². The van der Waals surface area contributed by atoms with Gasteiger partial charge in [0, 0.05) is 13.1 Å². The Bertz CT molecular complexity index is 204. The molecule has 14 heavy (non-hydrogen) atoms.